The molecule has 2 aromatic heterocycles. The Morgan fingerprint density at radius 2 is 1.70 bits per heavy atom. The number of rotatable bonds is 8. The maximum Gasteiger partial charge on any atom is 0.312 e. The van der Waals surface area contributed by atoms with Gasteiger partial charge in [-0.05, 0) is 0 Å². The van der Waals surface area contributed by atoms with Crippen LogP contribution in [0.4, 0.5) is 0 Å². The van der Waals surface area contributed by atoms with E-state index in [1.54, 1.807) is 0 Å². The van der Waals surface area contributed by atoms with Crippen LogP contribution >= 0.6 is 21.6 Å². The van der Waals surface area contributed by atoms with Gasteiger partial charge in [0.15, 0.2) is 0 Å². The topological polar surface area (TPSA) is 145 Å². The van der Waals surface area contributed by atoms with E-state index in [1.165, 1.54) is 0 Å². The van der Waals surface area contributed by atoms with Crippen LogP contribution in [-0.2, 0) is 22.5 Å². The molecule has 2 rings (SSSR count). The average molecular weight is 320 g/mol. The summed E-state index contributed by atoms with van der Waals surface area (Å²) in [6.07, 6.45) is -0.0395. The molecule has 0 saturated carbocycles. The van der Waals surface area contributed by atoms with Gasteiger partial charge in [-0.2, -0.15) is 0 Å². The van der Waals surface area contributed by atoms with Gasteiger partial charge in [-0.1, -0.05) is 0 Å². The molecule has 0 aliphatic rings. The minimum Gasteiger partial charge on any atom is -0.481 e. The Balaban J connectivity index is 1.83. The third-order valence-electron chi connectivity index (χ3n) is 1.79. The molecular formula is C8H8N4O6S2. The average Bonchev–Trinajstić information content (AvgIpc) is 3.02. The molecule has 10 nitrogen and oxygen atoms in total. The van der Waals surface area contributed by atoms with E-state index >= 15 is 0 Å². The third kappa shape index (κ3) is 4.48. The molecule has 2 aromatic rings. The highest BCUT2D eigenvalue weighted by molar-refractivity contribution is 8.76. The van der Waals surface area contributed by atoms with Crippen LogP contribution in [0.3, 0.4) is 0 Å². The van der Waals surface area contributed by atoms with E-state index in [0.29, 0.717) is 5.89 Å². The van der Waals surface area contributed by atoms with Crippen molar-refractivity contribution in [3.8, 4) is 0 Å². The van der Waals surface area contributed by atoms with E-state index in [2.05, 4.69) is 25.3 Å². The molecule has 0 spiro atoms. The molecule has 108 valence electrons. The summed E-state index contributed by atoms with van der Waals surface area (Å²) in [4.78, 5) is 14.3. The molecule has 12 heteroatoms. The monoisotopic (exact) mass is 320 g/mol. The zero-order chi connectivity index (χ0) is 14.4. The predicted octanol–water partition coefficient (Wildman–Crippen LogP) is 0.911. The first-order valence-corrected chi connectivity index (χ1v) is 7.30. The Labute approximate surface area is 119 Å². The summed E-state index contributed by atoms with van der Waals surface area (Å²) in [7, 11) is 2.15. The number of aromatic nitrogens is 4. The molecule has 0 aromatic carbocycles. The molecule has 20 heavy (non-hydrogen) atoms. The first kappa shape index (κ1) is 14.8. The second kappa shape index (κ2) is 7.23. The highest BCUT2D eigenvalue weighted by Gasteiger charge is 2.13. The van der Waals surface area contributed by atoms with Crippen molar-refractivity contribution < 1.29 is 28.9 Å². The molecule has 0 bridgehead atoms. The number of hydrogen-bond donors (Lipinski definition) is 2. The quantitative estimate of drug-likeness (QED) is 0.405. The second-order valence-electron chi connectivity index (χ2n) is 3.24. The smallest absolute Gasteiger partial charge is 0.312 e. The number of carboxylic acids is 1. The normalized spacial score (nSPS) is 10.8. The molecule has 2 N–H and O–H groups in total. The van der Waals surface area contributed by atoms with Crippen LogP contribution in [-0.4, -0.2) is 43.3 Å². The number of hydrogen-bond acceptors (Lipinski definition) is 11. The third-order valence-corrected chi connectivity index (χ3v) is 3.59. The van der Waals surface area contributed by atoms with Gasteiger partial charge >= 0.3 is 5.97 Å². The Morgan fingerprint density at radius 1 is 1.10 bits per heavy atom. The molecule has 0 radical (unpaired) electrons. The fourth-order valence-corrected chi connectivity index (χ4v) is 2.43. The van der Waals surface area contributed by atoms with Gasteiger partial charge in [0.05, 0.1) is 13.0 Å². The van der Waals surface area contributed by atoms with Crippen LogP contribution in [0.5, 0.6) is 0 Å². The largest absolute Gasteiger partial charge is 0.481 e. The highest BCUT2D eigenvalue weighted by Crippen LogP contribution is 2.35. The summed E-state index contributed by atoms with van der Waals surface area (Å²) < 4.78 is 10.3. The molecule has 0 aliphatic carbocycles. The van der Waals surface area contributed by atoms with E-state index in [4.69, 9.17) is 19.2 Å². The van der Waals surface area contributed by atoms with Crippen LogP contribution in [0, 0.1) is 0 Å². The predicted molar refractivity (Wildman–Crippen MR) is 63.9 cm³/mol. The number of aliphatic carboxylic acids is 1. The molecular weight excluding hydrogens is 312 g/mol. The SMILES string of the molecule is O=C(O)Cc1nnc(SSc2nnc(CCOO)o2)o1. The van der Waals surface area contributed by atoms with Crippen LogP contribution in [0.25, 0.3) is 0 Å². The lowest BCUT2D eigenvalue weighted by molar-refractivity contribution is -0.241. The zero-order valence-electron chi connectivity index (χ0n) is 9.75. The van der Waals surface area contributed by atoms with Crippen molar-refractivity contribution in [2.24, 2.45) is 0 Å². The molecule has 0 atom stereocenters. The van der Waals surface area contributed by atoms with E-state index in [-0.39, 0.29) is 35.8 Å². The summed E-state index contributed by atoms with van der Waals surface area (Å²) in [5.74, 6) is -0.711. The molecule has 0 unspecified atom stereocenters. The standard InChI is InChI=1S/C8H8N4O6S2/c13-6(14)3-5-10-12-8(18-5)20-19-7-11-9-4(17-7)1-2-16-15/h15H,1-3H2,(H,13,14). The van der Waals surface area contributed by atoms with Crippen LogP contribution in [0.2, 0.25) is 0 Å². The van der Waals surface area contributed by atoms with Gasteiger partial charge in [0, 0.05) is 21.6 Å². The van der Waals surface area contributed by atoms with E-state index in [0.717, 1.165) is 21.6 Å². The lowest BCUT2D eigenvalue weighted by Gasteiger charge is -1.91. The molecule has 0 fully saturated rings. The maximum absolute atomic E-state index is 10.4. The lowest BCUT2D eigenvalue weighted by Crippen LogP contribution is -1.99. The second-order valence-corrected chi connectivity index (χ2v) is 5.28. The first-order chi connectivity index (χ1) is 9.67. The van der Waals surface area contributed by atoms with Crippen LogP contribution in [0.15, 0.2) is 19.3 Å². The van der Waals surface area contributed by atoms with E-state index < -0.39 is 5.97 Å². The first-order valence-electron chi connectivity index (χ1n) is 5.15. The van der Waals surface area contributed by atoms with Crippen LogP contribution in [0.1, 0.15) is 11.8 Å². The van der Waals surface area contributed by atoms with Gasteiger partial charge in [0.25, 0.3) is 10.4 Å². The van der Waals surface area contributed by atoms with Gasteiger partial charge in [-0.25, -0.2) is 4.89 Å². The van der Waals surface area contributed by atoms with Gasteiger partial charge < -0.3 is 13.9 Å². The minimum absolute atomic E-state index is 0.0203. The highest BCUT2D eigenvalue weighted by atomic mass is 33.1. The van der Waals surface area contributed by atoms with Crippen molar-refractivity contribution in [3.63, 3.8) is 0 Å². The fourth-order valence-electron chi connectivity index (χ4n) is 1.05. The van der Waals surface area contributed by atoms with Gasteiger partial charge in [-0.3, -0.25) is 10.1 Å². The Kier molecular flexibility index (Phi) is 5.34. The summed E-state index contributed by atoms with van der Waals surface area (Å²) in [5.41, 5.74) is 0. The van der Waals surface area contributed by atoms with Crippen molar-refractivity contribution >= 4 is 27.6 Å². The van der Waals surface area contributed by atoms with Crippen molar-refractivity contribution in [2.75, 3.05) is 6.61 Å². The minimum atomic E-state index is -1.05. The van der Waals surface area contributed by atoms with Crippen molar-refractivity contribution in [1.29, 1.82) is 0 Å². The van der Waals surface area contributed by atoms with Gasteiger partial charge in [0.2, 0.25) is 11.8 Å². The summed E-state index contributed by atoms with van der Waals surface area (Å²) in [5, 5.41) is 31.9. The van der Waals surface area contributed by atoms with Crippen molar-refractivity contribution in [3.05, 3.63) is 11.8 Å². The summed E-state index contributed by atoms with van der Waals surface area (Å²) in [6, 6.07) is 0. The number of carbonyl (C=O) groups is 1. The number of carboxylic acid groups (broad SMARTS) is 1. The molecule has 0 saturated heterocycles. The van der Waals surface area contributed by atoms with Gasteiger partial charge in [0.1, 0.15) is 6.42 Å². The maximum atomic E-state index is 10.4. The zero-order valence-corrected chi connectivity index (χ0v) is 11.4. The Morgan fingerprint density at radius 3 is 2.30 bits per heavy atom. The van der Waals surface area contributed by atoms with E-state index in [9.17, 15) is 4.79 Å². The molecule has 0 amide bonds. The summed E-state index contributed by atoms with van der Waals surface area (Å²) >= 11 is 0. The molecule has 0 aliphatic heterocycles. The Bertz CT molecular complexity index is 573. The van der Waals surface area contributed by atoms with Crippen molar-refractivity contribution in [2.45, 2.75) is 23.3 Å². The van der Waals surface area contributed by atoms with Crippen molar-refractivity contribution in [1.82, 2.24) is 20.4 Å². The van der Waals surface area contributed by atoms with Gasteiger partial charge in [-0.15, -0.1) is 20.4 Å². The number of nitrogens with zero attached hydrogens (tertiary/aromatic N) is 4. The molecule has 2 heterocycles. The summed E-state index contributed by atoms with van der Waals surface area (Å²) in [6.45, 7) is 0.0572. The Hall–Kier alpha value is -1.63. The van der Waals surface area contributed by atoms with Crippen LogP contribution < -0.4 is 0 Å². The lowest BCUT2D eigenvalue weighted by atomic mass is 10.4. The fraction of sp³-hybridized carbons (Fsp3) is 0.375. The van der Waals surface area contributed by atoms with E-state index in [1.807, 2.05) is 0 Å².